The second kappa shape index (κ2) is 12.6. The predicted octanol–water partition coefficient (Wildman–Crippen LogP) is 5.06. The van der Waals surface area contributed by atoms with Crippen LogP contribution >= 0.6 is 11.8 Å². The smallest absolute Gasteiger partial charge is 0.416 e. The first kappa shape index (κ1) is 32.4. The lowest BCUT2D eigenvalue weighted by molar-refractivity contribution is 0.190. The summed E-state index contributed by atoms with van der Waals surface area (Å²) in [6.07, 6.45) is 0.217. The van der Waals surface area contributed by atoms with Gasteiger partial charge in [-0.3, -0.25) is 0 Å². The number of hydrogen-bond acceptors (Lipinski definition) is 8. The molecule has 42 heavy (non-hydrogen) atoms. The third-order valence-corrected chi connectivity index (χ3v) is 10.3. The maximum Gasteiger partial charge on any atom is 0.416 e. The zero-order valence-corrected chi connectivity index (χ0v) is 27.6. The molecule has 0 radical (unpaired) electrons. The van der Waals surface area contributed by atoms with E-state index in [1.807, 2.05) is 26.0 Å². The van der Waals surface area contributed by atoms with Crippen LogP contribution in [0.4, 0.5) is 27.5 Å². The Kier molecular flexibility index (Phi) is 9.73. The topological polar surface area (TPSA) is 103 Å². The summed E-state index contributed by atoms with van der Waals surface area (Å²) in [7, 11) is 0.146. The number of hydrogen-bond donors (Lipinski definition) is 1. The van der Waals surface area contributed by atoms with E-state index >= 15 is 0 Å². The fraction of sp³-hybridized carbons (Fsp3) is 0.567. The molecule has 0 aliphatic carbocycles. The van der Waals surface area contributed by atoms with Gasteiger partial charge in [-0.15, -0.1) is 0 Å². The molecule has 1 N–H and O–H groups in total. The van der Waals surface area contributed by atoms with Crippen LogP contribution in [0.1, 0.15) is 37.5 Å². The van der Waals surface area contributed by atoms with Crippen molar-refractivity contribution in [1.82, 2.24) is 4.31 Å². The van der Waals surface area contributed by atoms with Crippen LogP contribution in [0.2, 0.25) is 0 Å². The predicted molar refractivity (Wildman–Crippen MR) is 170 cm³/mol. The van der Waals surface area contributed by atoms with Crippen molar-refractivity contribution in [3.05, 3.63) is 34.9 Å². The van der Waals surface area contributed by atoms with Crippen molar-refractivity contribution in [3.8, 4) is 0 Å². The van der Waals surface area contributed by atoms with Gasteiger partial charge in [0.25, 0.3) is 0 Å². The van der Waals surface area contributed by atoms with Crippen molar-refractivity contribution < 1.29 is 27.8 Å². The first-order chi connectivity index (χ1) is 19.7. The molecule has 2 aliphatic rings. The van der Waals surface area contributed by atoms with Crippen molar-refractivity contribution in [3.63, 3.8) is 0 Å². The first-order valence-corrected chi connectivity index (χ1v) is 16.8. The summed E-state index contributed by atoms with van der Waals surface area (Å²) in [5, 5.41) is 10.6. The molecular formula is C30H44N4O6S2. The van der Waals surface area contributed by atoms with Crippen molar-refractivity contribution in [2.24, 2.45) is 0 Å². The number of fused-ring (bicyclic) bond motifs is 2. The standard InChI is InChI=1S/C30H44N4O6S2/c1-20-17-22(31-9-11-33(12-10-31)42(8,37)38)18-24-27(20)34(29(35)36)28-21(2)26(30(3,4)5)23(19-25(28)41-24)32(13-15-39-6)14-16-40-7/h17-19H,9-16H2,1-8H3,(H,35,36). The number of methoxy groups -OCH3 is 2. The number of rotatable bonds is 9. The van der Waals surface area contributed by atoms with E-state index in [1.54, 1.807) is 26.0 Å². The summed E-state index contributed by atoms with van der Waals surface area (Å²) in [6.45, 7) is 14.9. The Morgan fingerprint density at radius 2 is 1.55 bits per heavy atom. The molecule has 1 fully saturated rings. The highest BCUT2D eigenvalue weighted by atomic mass is 32.2. The first-order valence-electron chi connectivity index (χ1n) is 14.2. The van der Waals surface area contributed by atoms with Gasteiger partial charge < -0.3 is 24.4 Å². The Balaban J connectivity index is 1.84. The lowest BCUT2D eigenvalue weighted by atomic mass is 9.81. The Bertz CT molecular complexity index is 1420. The fourth-order valence-electron chi connectivity index (χ4n) is 6.04. The highest BCUT2D eigenvalue weighted by molar-refractivity contribution is 7.99. The molecule has 2 heterocycles. The Labute approximate surface area is 254 Å². The van der Waals surface area contributed by atoms with Crippen molar-refractivity contribution in [1.29, 1.82) is 0 Å². The molecular weight excluding hydrogens is 576 g/mol. The van der Waals surface area contributed by atoms with Gasteiger partial charge in [0.1, 0.15) is 0 Å². The van der Waals surface area contributed by atoms with Gasteiger partial charge >= 0.3 is 6.09 Å². The monoisotopic (exact) mass is 620 g/mol. The molecule has 0 aromatic heterocycles. The van der Waals surface area contributed by atoms with Crippen LogP contribution in [0, 0.1) is 13.8 Å². The molecule has 12 heteroatoms. The summed E-state index contributed by atoms with van der Waals surface area (Å²) in [4.78, 5) is 20.6. The van der Waals surface area contributed by atoms with E-state index in [0.717, 1.165) is 37.9 Å². The van der Waals surface area contributed by atoms with Gasteiger partial charge in [-0.05, 0) is 54.2 Å². The molecule has 2 aromatic carbocycles. The highest BCUT2D eigenvalue weighted by Crippen LogP contribution is 2.55. The molecule has 1 saturated heterocycles. The van der Waals surface area contributed by atoms with E-state index < -0.39 is 16.1 Å². The molecule has 1 amide bonds. The van der Waals surface area contributed by atoms with Gasteiger partial charge in [-0.25, -0.2) is 18.1 Å². The van der Waals surface area contributed by atoms with Crippen LogP contribution in [-0.2, 0) is 24.9 Å². The minimum atomic E-state index is -3.23. The minimum Gasteiger partial charge on any atom is -0.464 e. The van der Waals surface area contributed by atoms with Gasteiger partial charge in [-0.2, -0.15) is 4.31 Å². The molecule has 2 aromatic rings. The van der Waals surface area contributed by atoms with Gasteiger partial charge in [0, 0.05) is 74.7 Å². The number of carboxylic acid groups (broad SMARTS) is 1. The quantitative estimate of drug-likeness (QED) is 0.412. The molecule has 4 rings (SSSR count). The van der Waals surface area contributed by atoms with Crippen LogP contribution < -0.4 is 14.7 Å². The Morgan fingerprint density at radius 3 is 2.05 bits per heavy atom. The highest BCUT2D eigenvalue weighted by Gasteiger charge is 2.36. The number of carbonyl (C=O) groups is 1. The van der Waals surface area contributed by atoms with Crippen molar-refractivity contribution in [2.45, 2.75) is 49.8 Å². The zero-order chi connectivity index (χ0) is 31.0. The number of nitrogens with zero attached hydrogens (tertiary/aromatic N) is 4. The maximum absolute atomic E-state index is 13.0. The van der Waals surface area contributed by atoms with Crippen LogP contribution in [0.5, 0.6) is 0 Å². The summed E-state index contributed by atoms with van der Waals surface area (Å²) in [6, 6.07) is 6.19. The SMILES string of the molecule is COCCN(CCOC)c1cc2c(c(C)c1C(C)(C)C)N(C(=O)O)c1c(C)cc(N3CCN(S(C)(=O)=O)CC3)cc1S2. The average Bonchev–Trinajstić information content (AvgIpc) is 2.90. The molecule has 0 bridgehead atoms. The molecule has 0 saturated carbocycles. The van der Waals surface area contributed by atoms with Gasteiger partial charge in [0.2, 0.25) is 10.0 Å². The normalized spacial score (nSPS) is 15.9. The largest absolute Gasteiger partial charge is 0.464 e. The molecule has 0 atom stereocenters. The summed E-state index contributed by atoms with van der Waals surface area (Å²) in [5.41, 5.74) is 6.03. The summed E-state index contributed by atoms with van der Waals surface area (Å²) >= 11 is 1.59. The van der Waals surface area contributed by atoms with Crippen molar-refractivity contribution >= 4 is 50.6 Å². The lowest BCUT2D eigenvalue weighted by Gasteiger charge is -2.39. The number of ether oxygens (including phenoxy) is 2. The van der Waals surface area contributed by atoms with Gasteiger partial charge in [0.15, 0.2) is 0 Å². The van der Waals surface area contributed by atoms with Crippen LogP contribution in [-0.4, -0.2) is 96.9 Å². The fourth-order valence-corrected chi connectivity index (χ4v) is 8.15. The van der Waals surface area contributed by atoms with E-state index in [2.05, 4.69) is 36.6 Å². The molecule has 2 aliphatic heterocycles. The van der Waals surface area contributed by atoms with E-state index in [-0.39, 0.29) is 5.41 Å². The second-order valence-electron chi connectivity index (χ2n) is 11.9. The van der Waals surface area contributed by atoms with Crippen LogP contribution in [0.25, 0.3) is 0 Å². The van der Waals surface area contributed by atoms with Crippen LogP contribution in [0.15, 0.2) is 28.0 Å². The number of amides is 1. The number of anilines is 4. The minimum absolute atomic E-state index is 0.255. The number of aryl methyl sites for hydroxylation is 1. The van der Waals surface area contributed by atoms with Gasteiger partial charge in [0.05, 0.1) is 30.8 Å². The summed E-state index contributed by atoms with van der Waals surface area (Å²) < 4.78 is 36.4. The molecule has 0 spiro atoms. The van der Waals surface area contributed by atoms with E-state index in [9.17, 15) is 18.3 Å². The molecule has 232 valence electrons. The number of piperazine rings is 1. The third-order valence-electron chi connectivity index (χ3n) is 7.89. The lowest BCUT2D eigenvalue weighted by Crippen LogP contribution is -2.48. The molecule has 0 unspecified atom stereocenters. The van der Waals surface area contributed by atoms with Crippen LogP contribution in [0.3, 0.4) is 0 Å². The third kappa shape index (κ3) is 6.52. The number of benzene rings is 2. The number of sulfonamides is 1. The maximum atomic E-state index is 13.0. The second-order valence-corrected chi connectivity index (χ2v) is 15.0. The summed E-state index contributed by atoms with van der Waals surface area (Å²) in [5.74, 6) is 0. The van der Waals surface area contributed by atoms with Gasteiger partial charge in [-0.1, -0.05) is 32.5 Å². The average molecular weight is 621 g/mol. The Hall–Kier alpha value is -2.51. The van der Waals surface area contributed by atoms with E-state index in [4.69, 9.17) is 9.47 Å². The molecule has 10 nitrogen and oxygen atoms in total. The van der Waals surface area contributed by atoms with E-state index in [0.29, 0.717) is 63.9 Å². The Morgan fingerprint density at radius 1 is 0.976 bits per heavy atom. The van der Waals surface area contributed by atoms with Crippen molar-refractivity contribution in [2.75, 3.05) is 87.7 Å². The zero-order valence-electron chi connectivity index (χ0n) is 26.0. The van der Waals surface area contributed by atoms with E-state index in [1.165, 1.54) is 15.5 Å².